The van der Waals surface area contributed by atoms with E-state index in [4.69, 9.17) is 5.73 Å². The van der Waals surface area contributed by atoms with E-state index < -0.39 is 18.3 Å². The van der Waals surface area contributed by atoms with Crippen LogP contribution in [0.1, 0.15) is 25.6 Å². The standard InChI is InChI=1S/C8H12F3N3O2/c1-7(2,12)6-13-5(16-14-6)3-15-4-8(9,10)11/h3-4,12H2,1-2H3. The lowest BCUT2D eigenvalue weighted by atomic mass is 10.1. The fourth-order valence-electron chi connectivity index (χ4n) is 0.829. The molecule has 1 aromatic heterocycles. The number of nitrogens with two attached hydrogens (primary N) is 1. The molecular weight excluding hydrogens is 227 g/mol. The van der Waals surface area contributed by atoms with E-state index in [9.17, 15) is 13.2 Å². The van der Waals surface area contributed by atoms with Crippen LogP contribution in [0.15, 0.2) is 4.52 Å². The Morgan fingerprint density at radius 3 is 2.44 bits per heavy atom. The van der Waals surface area contributed by atoms with Crippen LogP contribution in [0.3, 0.4) is 0 Å². The van der Waals surface area contributed by atoms with Crippen LogP contribution in [0.5, 0.6) is 0 Å². The SMILES string of the molecule is CC(C)(N)c1noc(COCC(F)(F)F)n1. The van der Waals surface area contributed by atoms with E-state index in [0.717, 1.165) is 0 Å². The molecule has 0 saturated carbocycles. The van der Waals surface area contributed by atoms with Gasteiger partial charge in [0, 0.05) is 0 Å². The molecule has 0 saturated heterocycles. The molecule has 0 spiro atoms. The van der Waals surface area contributed by atoms with Gasteiger partial charge in [0.2, 0.25) is 0 Å². The molecule has 0 aliphatic carbocycles. The van der Waals surface area contributed by atoms with Crippen molar-refractivity contribution in [3.05, 3.63) is 11.7 Å². The third-order valence-electron chi connectivity index (χ3n) is 1.54. The third kappa shape index (κ3) is 4.15. The molecule has 1 aromatic rings. The first-order valence-electron chi connectivity index (χ1n) is 4.45. The van der Waals surface area contributed by atoms with Gasteiger partial charge in [0.25, 0.3) is 5.89 Å². The summed E-state index contributed by atoms with van der Waals surface area (Å²) >= 11 is 0. The van der Waals surface area contributed by atoms with Crippen molar-refractivity contribution in [3.8, 4) is 0 Å². The number of alkyl halides is 3. The van der Waals surface area contributed by atoms with Crippen molar-refractivity contribution in [2.24, 2.45) is 5.73 Å². The highest BCUT2D eigenvalue weighted by molar-refractivity contribution is 4.98. The second kappa shape index (κ2) is 4.38. The molecule has 0 aliphatic heterocycles. The summed E-state index contributed by atoms with van der Waals surface area (Å²) in [6.45, 7) is 1.57. The molecule has 1 rings (SSSR count). The molecule has 0 aromatic carbocycles. The van der Waals surface area contributed by atoms with Crippen molar-refractivity contribution in [1.29, 1.82) is 0 Å². The van der Waals surface area contributed by atoms with Crippen LogP contribution in [-0.2, 0) is 16.9 Å². The number of nitrogens with zero attached hydrogens (tertiary/aromatic N) is 2. The molecule has 8 heteroatoms. The highest BCUT2D eigenvalue weighted by atomic mass is 19.4. The zero-order valence-electron chi connectivity index (χ0n) is 8.84. The van der Waals surface area contributed by atoms with Gasteiger partial charge in [-0.15, -0.1) is 0 Å². The fraction of sp³-hybridized carbons (Fsp3) is 0.750. The van der Waals surface area contributed by atoms with Crippen molar-refractivity contribution in [1.82, 2.24) is 10.1 Å². The van der Waals surface area contributed by atoms with E-state index in [1.807, 2.05) is 0 Å². The molecule has 16 heavy (non-hydrogen) atoms. The van der Waals surface area contributed by atoms with Crippen LogP contribution in [0, 0.1) is 0 Å². The van der Waals surface area contributed by atoms with E-state index in [0.29, 0.717) is 0 Å². The van der Waals surface area contributed by atoms with Gasteiger partial charge in [-0.3, -0.25) is 0 Å². The van der Waals surface area contributed by atoms with Crippen LogP contribution in [0.2, 0.25) is 0 Å². The van der Waals surface area contributed by atoms with Crippen LogP contribution < -0.4 is 5.73 Å². The Kier molecular flexibility index (Phi) is 3.54. The van der Waals surface area contributed by atoms with Gasteiger partial charge < -0.3 is 15.0 Å². The molecule has 0 amide bonds. The number of halogens is 3. The van der Waals surface area contributed by atoms with Gasteiger partial charge in [-0.05, 0) is 13.8 Å². The van der Waals surface area contributed by atoms with E-state index in [1.165, 1.54) is 0 Å². The first-order valence-corrected chi connectivity index (χ1v) is 4.45. The normalized spacial score (nSPS) is 13.1. The lowest BCUT2D eigenvalue weighted by Gasteiger charge is -2.11. The first-order chi connectivity index (χ1) is 7.18. The van der Waals surface area contributed by atoms with Crippen molar-refractivity contribution in [3.63, 3.8) is 0 Å². The van der Waals surface area contributed by atoms with Crippen molar-refractivity contribution in [2.75, 3.05) is 6.61 Å². The molecule has 0 bridgehead atoms. The van der Waals surface area contributed by atoms with Gasteiger partial charge in [0.15, 0.2) is 5.82 Å². The first kappa shape index (κ1) is 12.9. The zero-order valence-corrected chi connectivity index (χ0v) is 8.84. The maximum Gasteiger partial charge on any atom is 0.411 e. The molecule has 0 unspecified atom stereocenters. The maximum absolute atomic E-state index is 11.7. The predicted octanol–water partition coefficient (Wildman–Crippen LogP) is 1.34. The molecule has 1 heterocycles. The molecular formula is C8H12F3N3O2. The van der Waals surface area contributed by atoms with Gasteiger partial charge in [-0.2, -0.15) is 18.2 Å². The minimum atomic E-state index is -4.37. The number of ether oxygens (including phenoxy) is 1. The Labute approximate surface area is 89.8 Å². The second-order valence-corrected chi connectivity index (χ2v) is 3.84. The Morgan fingerprint density at radius 2 is 2.00 bits per heavy atom. The topological polar surface area (TPSA) is 74.2 Å². The summed E-state index contributed by atoms with van der Waals surface area (Å²) in [7, 11) is 0. The van der Waals surface area contributed by atoms with Crippen LogP contribution >= 0.6 is 0 Å². The van der Waals surface area contributed by atoms with Crippen LogP contribution in [0.25, 0.3) is 0 Å². The Balaban J connectivity index is 2.48. The van der Waals surface area contributed by atoms with E-state index in [-0.39, 0.29) is 18.3 Å². The average molecular weight is 239 g/mol. The highest BCUT2D eigenvalue weighted by Gasteiger charge is 2.28. The summed E-state index contributed by atoms with van der Waals surface area (Å²) in [6.07, 6.45) is -4.37. The Bertz CT molecular complexity index is 343. The van der Waals surface area contributed by atoms with Gasteiger partial charge in [0.05, 0.1) is 5.54 Å². The molecule has 0 radical (unpaired) electrons. The summed E-state index contributed by atoms with van der Waals surface area (Å²) in [4.78, 5) is 3.81. The van der Waals surface area contributed by atoms with E-state index in [1.54, 1.807) is 13.8 Å². The van der Waals surface area contributed by atoms with Gasteiger partial charge in [0.1, 0.15) is 13.2 Å². The molecule has 92 valence electrons. The van der Waals surface area contributed by atoms with Crippen LogP contribution in [0.4, 0.5) is 13.2 Å². The molecule has 0 aliphatic rings. The highest BCUT2D eigenvalue weighted by Crippen LogP contribution is 2.16. The van der Waals surface area contributed by atoms with Crippen molar-refractivity contribution in [2.45, 2.75) is 32.2 Å². The van der Waals surface area contributed by atoms with Gasteiger partial charge in [-0.25, -0.2) is 0 Å². The molecule has 0 atom stereocenters. The van der Waals surface area contributed by atoms with Gasteiger partial charge in [-0.1, -0.05) is 5.16 Å². The monoisotopic (exact) mass is 239 g/mol. The smallest absolute Gasteiger partial charge is 0.362 e. The second-order valence-electron chi connectivity index (χ2n) is 3.84. The average Bonchev–Trinajstić information content (AvgIpc) is 2.49. The molecule has 5 nitrogen and oxygen atoms in total. The fourth-order valence-corrected chi connectivity index (χ4v) is 0.829. The van der Waals surface area contributed by atoms with Crippen molar-refractivity contribution >= 4 is 0 Å². The molecule has 2 N–H and O–H groups in total. The lowest BCUT2D eigenvalue weighted by Crippen LogP contribution is -2.30. The lowest BCUT2D eigenvalue weighted by molar-refractivity contribution is -0.178. The number of rotatable bonds is 4. The van der Waals surface area contributed by atoms with Gasteiger partial charge >= 0.3 is 6.18 Å². The van der Waals surface area contributed by atoms with E-state index in [2.05, 4.69) is 19.4 Å². The largest absolute Gasteiger partial charge is 0.411 e. The quantitative estimate of drug-likeness (QED) is 0.858. The Morgan fingerprint density at radius 1 is 1.38 bits per heavy atom. The summed E-state index contributed by atoms with van der Waals surface area (Å²) in [5, 5.41) is 3.53. The summed E-state index contributed by atoms with van der Waals surface area (Å²) in [5.41, 5.74) is 4.86. The Hall–Kier alpha value is -1.15. The third-order valence-corrected chi connectivity index (χ3v) is 1.54. The molecule has 0 fully saturated rings. The number of aromatic nitrogens is 2. The summed E-state index contributed by atoms with van der Waals surface area (Å²) in [6, 6.07) is 0. The summed E-state index contributed by atoms with van der Waals surface area (Å²) < 4.78 is 44.2. The van der Waals surface area contributed by atoms with Crippen molar-refractivity contribution < 1.29 is 22.4 Å². The number of hydrogen-bond donors (Lipinski definition) is 1. The maximum atomic E-state index is 11.7. The van der Waals surface area contributed by atoms with Crippen LogP contribution in [-0.4, -0.2) is 22.9 Å². The minimum Gasteiger partial charge on any atom is -0.362 e. The zero-order chi connectivity index (χ0) is 12.4. The minimum absolute atomic E-state index is 0.0298. The predicted molar refractivity (Wildman–Crippen MR) is 47.2 cm³/mol. The number of hydrogen-bond acceptors (Lipinski definition) is 5. The van der Waals surface area contributed by atoms with E-state index >= 15 is 0 Å². The summed E-state index contributed by atoms with van der Waals surface area (Å²) in [5.74, 6) is 0.191.